The van der Waals surface area contributed by atoms with Crippen LogP contribution in [0.2, 0.25) is 0 Å². The molecule has 1 aliphatic heterocycles. The van der Waals surface area contributed by atoms with Crippen LogP contribution in [0.15, 0.2) is 35.8 Å². The molecule has 4 nitrogen and oxygen atoms in total. The molecule has 1 atom stereocenters. The Labute approximate surface area is 145 Å². The molecule has 0 radical (unpaired) electrons. The van der Waals surface area contributed by atoms with Crippen molar-refractivity contribution in [3.8, 4) is 0 Å². The van der Waals surface area contributed by atoms with Crippen molar-refractivity contribution in [3.05, 3.63) is 47.2 Å². The summed E-state index contributed by atoms with van der Waals surface area (Å²) in [4.78, 5) is 21.3. The van der Waals surface area contributed by atoms with Crippen LogP contribution in [-0.2, 0) is 11.2 Å². The highest BCUT2D eigenvalue weighted by atomic mass is 32.1. The number of hydrogen-bond donors (Lipinski definition) is 0. The molecule has 0 bridgehead atoms. The molecule has 6 heteroatoms. The monoisotopic (exact) mass is 347 g/mol. The van der Waals surface area contributed by atoms with E-state index in [2.05, 4.69) is 9.88 Å². The zero-order chi connectivity index (χ0) is 16.9. The first-order valence-corrected chi connectivity index (χ1v) is 9.19. The smallest absolute Gasteiger partial charge is 0.225 e. The van der Waals surface area contributed by atoms with Gasteiger partial charge in [-0.25, -0.2) is 9.37 Å². The molecule has 1 amide bonds. The Morgan fingerprint density at radius 2 is 2.21 bits per heavy atom. The highest BCUT2D eigenvalue weighted by Gasteiger charge is 2.24. The zero-order valence-corrected chi connectivity index (χ0v) is 14.6. The van der Waals surface area contributed by atoms with E-state index in [0.717, 1.165) is 36.8 Å². The Hall–Kier alpha value is -1.95. The summed E-state index contributed by atoms with van der Waals surface area (Å²) in [5, 5.41) is 3.00. The summed E-state index contributed by atoms with van der Waals surface area (Å²) >= 11 is 1.63. The Morgan fingerprint density at radius 1 is 1.33 bits per heavy atom. The highest BCUT2D eigenvalue weighted by molar-refractivity contribution is 7.13. The van der Waals surface area contributed by atoms with Crippen molar-refractivity contribution in [2.24, 2.45) is 5.92 Å². The van der Waals surface area contributed by atoms with E-state index in [9.17, 15) is 9.18 Å². The van der Waals surface area contributed by atoms with Crippen LogP contribution in [0.1, 0.15) is 18.9 Å². The molecule has 1 fully saturated rings. The number of aromatic nitrogens is 1. The van der Waals surface area contributed by atoms with E-state index in [1.807, 2.05) is 29.5 Å². The van der Waals surface area contributed by atoms with Gasteiger partial charge in [-0.3, -0.25) is 4.79 Å². The average Bonchev–Trinajstić information content (AvgIpc) is 2.99. The SMILES string of the molecule is CC(Cc1cccc(F)c1)C(=O)N1CCCN(c2nccs2)CC1. The number of benzene rings is 1. The lowest BCUT2D eigenvalue weighted by Gasteiger charge is -2.24. The first-order chi connectivity index (χ1) is 11.6. The van der Waals surface area contributed by atoms with Crippen molar-refractivity contribution in [2.45, 2.75) is 19.8 Å². The molecule has 2 heterocycles. The normalized spacial score (nSPS) is 16.8. The summed E-state index contributed by atoms with van der Waals surface area (Å²) in [5.74, 6) is -0.237. The van der Waals surface area contributed by atoms with Crippen molar-refractivity contribution >= 4 is 22.4 Å². The third-order valence-corrected chi connectivity index (χ3v) is 5.18. The number of amides is 1. The molecule has 128 valence electrons. The van der Waals surface area contributed by atoms with E-state index < -0.39 is 0 Å². The van der Waals surface area contributed by atoms with Gasteiger partial charge in [0.05, 0.1) is 0 Å². The molecule has 1 unspecified atom stereocenters. The number of carbonyl (C=O) groups excluding carboxylic acids is 1. The Morgan fingerprint density at radius 3 is 2.96 bits per heavy atom. The van der Waals surface area contributed by atoms with Crippen LogP contribution >= 0.6 is 11.3 Å². The first kappa shape index (κ1) is 16.9. The van der Waals surface area contributed by atoms with Gasteiger partial charge in [0.25, 0.3) is 0 Å². The second-order valence-electron chi connectivity index (χ2n) is 6.22. The van der Waals surface area contributed by atoms with Crippen LogP contribution in [0, 0.1) is 11.7 Å². The van der Waals surface area contributed by atoms with Gasteiger partial charge in [0.1, 0.15) is 5.82 Å². The molecule has 1 aromatic heterocycles. The van der Waals surface area contributed by atoms with E-state index >= 15 is 0 Å². The van der Waals surface area contributed by atoms with Crippen LogP contribution in [0.4, 0.5) is 9.52 Å². The summed E-state index contributed by atoms with van der Waals surface area (Å²) in [7, 11) is 0. The topological polar surface area (TPSA) is 36.4 Å². The van der Waals surface area contributed by atoms with E-state index in [1.165, 1.54) is 12.1 Å². The summed E-state index contributed by atoms with van der Waals surface area (Å²) in [6, 6.07) is 6.51. The fourth-order valence-corrected chi connectivity index (χ4v) is 3.81. The van der Waals surface area contributed by atoms with Gasteiger partial charge in [-0.1, -0.05) is 19.1 Å². The standard InChI is InChI=1S/C18H22FN3OS/c1-14(12-15-4-2-5-16(19)13-15)17(23)21-7-3-8-22(10-9-21)18-20-6-11-24-18/h2,4-6,11,13-14H,3,7-10,12H2,1H3. The van der Waals surface area contributed by atoms with Crippen LogP contribution in [-0.4, -0.2) is 42.0 Å². The molecule has 24 heavy (non-hydrogen) atoms. The van der Waals surface area contributed by atoms with Crippen LogP contribution in [0.3, 0.4) is 0 Å². The first-order valence-electron chi connectivity index (χ1n) is 8.31. The third kappa shape index (κ3) is 4.12. The second-order valence-corrected chi connectivity index (χ2v) is 7.09. The molecule has 3 rings (SSSR count). The van der Waals surface area contributed by atoms with E-state index in [4.69, 9.17) is 0 Å². The molecule has 2 aromatic rings. The number of hydrogen-bond acceptors (Lipinski definition) is 4. The van der Waals surface area contributed by atoms with Crippen molar-refractivity contribution < 1.29 is 9.18 Å². The summed E-state index contributed by atoms with van der Waals surface area (Å²) in [6.45, 7) is 5.15. The minimum Gasteiger partial charge on any atom is -0.346 e. The van der Waals surface area contributed by atoms with Crippen LogP contribution < -0.4 is 4.90 Å². The number of anilines is 1. The van der Waals surface area contributed by atoms with Crippen molar-refractivity contribution in [3.63, 3.8) is 0 Å². The predicted molar refractivity (Wildman–Crippen MR) is 94.8 cm³/mol. The maximum atomic E-state index is 13.3. The lowest BCUT2D eigenvalue weighted by atomic mass is 9.99. The lowest BCUT2D eigenvalue weighted by molar-refractivity contribution is -0.134. The Kier molecular flexibility index (Phi) is 5.45. The Balaban J connectivity index is 1.58. The summed E-state index contributed by atoms with van der Waals surface area (Å²) in [6.07, 6.45) is 3.33. The summed E-state index contributed by atoms with van der Waals surface area (Å²) < 4.78 is 13.3. The van der Waals surface area contributed by atoms with Gasteiger partial charge < -0.3 is 9.80 Å². The number of thiazole rings is 1. The molecule has 1 aromatic carbocycles. The van der Waals surface area contributed by atoms with Gasteiger partial charge in [0, 0.05) is 43.7 Å². The largest absolute Gasteiger partial charge is 0.346 e. The van der Waals surface area contributed by atoms with Gasteiger partial charge in [-0.05, 0) is 30.5 Å². The van der Waals surface area contributed by atoms with Gasteiger partial charge in [-0.15, -0.1) is 11.3 Å². The van der Waals surface area contributed by atoms with Gasteiger partial charge >= 0.3 is 0 Å². The molecule has 0 aliphatic carbocycles. The highest BCUT2D eigenvalue weighted by Crippen LogP contribution is 2.20. The molecule has 1 aliphatic rings. The molecule has 1 saturated heterocycles. The van der Waals surface area contributed by atoms with Gasteiger partial charge in [0.15, 0.2) is 5.13 Å². The predicted octanol–water partition coefficient (Wildman–Crippen LogP) is 3.20. The fraction of sp³-hybridized carbons (Fsp3) is 0.444. The Bertz CT molecular complexity index is 677. The molecule has 0 spiro atoms. The van der Waals surface area contributed by atoms with Crippen molar-refractivity contribution in [1.29, 1.82) is 0 Å². The van der Waals surface area contributed by atoms with E-state index in [-0.39, 0.29) is 17.6 Å². The lowest BCUT2D eigenvalue weighted by Crippen LogP contribution is -2.38. The zero-order valence-electron chi connectivity index (χ0n) is 13.8. The number of nitrogens with zero attached hydrogens (tertiary/aromatic N) is 3. The van der Waals surface area contributed by atoms with Crippen molar-refractivity contribution in [1.82, 2.24) is 9.88 Å². The molecular weight excluding hydrogens is 325 g/mol. The van der Waals surface area contributed by atoms with E-state index in [1.54, 1.807) is 17.4 Å². The summed E-state index contributed by atoms with van der Waals surface area (Å²) in [5.41, 5.74) is 0.870. The van der Waals surface area contributed by atoms with Gasteiger partial charge in [0.2, 0.25) is 5.91 Å². The maximum Gasteiger partial charge on any atom is 0.225 e. The van der Waals surface area contributed by atoms with Crippen molar-refractivity contribution in [2.75, 3.05) is 31.1 Å². The molecular formula is C18H22FN3OS. The van der Waals surface area contributed by atoms with Gasteiger partial charge in [-0.2, -0.15) is 0 Å². The third-order valence-electron chi connectivity index (χ3n) is 4.35. The minimum atomic E-state index is -0.249. The molecule has 0 saturated carbocycles. The van der Waals surface area contributed by atoms with Crippen LogP contribution in [0.25, 0.3) is 0 Å². The van der Waals surface area contributed by atoms with E-state index in [0.29, 0.717) is 13.0 Å². The number of rotatable bonds is 4. The second kappa shape index (κ2) is 7.75. The minimum absolute atomic E-state index is 0.141. The molecule has 0 N–H and O–H groups in total. The number of halogens is 1. The quantitative estimate of drug-likeness (QED) is 0.852. The van der Waals surface area contributed by atoms with Crippen LogP contribution in [0.5, 0.6) is 0 Å². The number of carbonyl (C=O) groups is 1. The maximum absolute atomic E-state index is 13.3. The average molecular weight is 347 g/mol. The fourth-order valence-electron chi connectivity index (χ4n) is 3.12.